The Hall–Kier alpha value is -3.42. The zero-order chi connectivity index (χ0) is 23.3. The van der Waals surface area contributed by atoms with Crippen LogP contribution < -0.4 is 15.6 Å². The standard InChI is InChI=1S/C24H30N4O4/c1-4-5-11-25-23(31)19-14-27(17(2)3)15-20(22(19)30)24(32)26-12-13-28(21(29)16-26)18-9-7-6-8-10-18/h6-10,14-15,17H,4-5,11-13,16H2,1-3H3,(H,25,31). The minimum absolute atomic E-state index is 0.0547. The Bertz CT molecular complexity index is 1050. The van der Waals surface area contributed by atoms with Gasteiger partial charge in [-0.2, -0.15) is 0 Å². The molecule has 0 aliphatic carbocycles. The van der Waals surface area contributed by atoms with Crippen molar-refractivity contribution in [3.63, 3.8) is 0 Å². The highest BCUT2D eigenvalue weighted by Crippen LogP contribution is 2.18. The Balaban J connectivity index is 1.85. The summed E-state index contributed by atoms with van der Waals surface area (Å²) in [6.07, 6.45) is 4.68. The van der Waals surface area contributed by atoms with E-state index in [2.05, 4.69) is 5.32 Å². The molecule has 8 nitrogen and oxygen atoms in total. The second-order valence-corrected chi connectivity index (χ2v) is 8.17. The van der Waals surface area contributed by atoms with Crippen LogP contribution in [0.1, 0.15) is 60.4 Å². The van der Waals surface area contributed by atoms with Crippen molar-refractivity contribution in [3.05, 3.63) is 64.1 Å². The molecule has 1 N–H and O–H groups in total. The predicted octanol–water partition coefficient (Wildman–Crippen LogP) is 2.45. The highest BCUT2D eigenvalue weighted by molar-refractivity contribution is 6.03. The lowest BCUT2D eigenvalue weighted by molar-refractivity contribution is -0.120. The van der Waals surface area contributed by atoms with E-state index in [4.69, 9.17) is 0 Å². The number of piperazine rings is 1. The number of carbonyl (C=O) groups is 3. The second kappa shape index (κ2) is 10.3. The van der Waals surface area contributed by atoms with Crippen LogP contribution >= 0.6 is 0 Å². The molecule has 32 heavy (non-hydrogen) atoms. The van der Waals surface area contributed by atoms with Gasteiger partial charge in [-0.3, -0.25) is 19.2 Å². The Kier molecular flexibility index (Phi) is 7.45. The molecule has 0 bridgehead atoms. The largest absolute Gasteiger partial charge is 0.352 e. The van der Waals surface area contributed by atoms with Gasteiger partial charge < -0.3 is 19.7 Å². The molecule has 0 unspecified atom stereocenters. The third-order valence-electron chi connectivity index (χ3n) is 5.51. The van der Waals surface area contributed by atoms with Crippen molar-refractivity contribution in [1.29, 1.82) is 0 Å². The summed E-state index contributed by atoms with van der Waals surface area (Å²) in [4.78, 5) is 54.6. The van der Waals surface area contributed by atoms with Crippen LogP contribution in [0.4, 0.5) is 5.69 Å². The average molecular weight is 439 g/mol. The molecule has 1 saturated heterocycles. The monoisotopic (exact) mass is 438 g/mol. The lowest BCUT2D eigenvalue weighted by Crippen LogP contribution is -2.53. The Morgan fingerprint density at radius 2 is 1.72 bits per heavy atom. The summed E-state index contributed by atoms with van der Waals surface area (Å²) in [7, 11) is 0. The van der Waals surface area contributed by atoms with Crippen LogP contribution in [0.5, 0.6) is 0 Å². The number of hydrogen-bond acceptors (Lipinski definition) is 4. The van der Waals surface area contributed by atoms with Gasteiger partial charge in [0.25, 0.3) is 11.8 Å². The number of pyridine rings is 1. The van der Waals surface area contributed by atoms with Gasteiger partial charge >= 0.3 is 0 Å². The molecule has 1 aliphatic heterocycles. The van der Waals surface area contributed by atoms with Gasteiger partial charge in [-0.25, -0.2) is 0 Å². The third kappa shape index (κ3) is 5.07. The molecule has 2 aromatic rings. The number of amides is 3. The molecule has 1 fully saturated rings. The summed E-state index contributed by atoms with van der Waals surface area (Å²) < 4.78 is 1.69. The number of unbranched alkanes of at least 4 members (excludes halogenated alkanes) is 1. The van der Waals surface area contributed by atoms with Gasteiger partial charge in [0.2, 0.25) is 11.3 Å². The molecule has 3 amide bonds. The van der Waals surface area contributed by atoms with Crippen molar-refractivity contribution in [2.75, 3.05) is 31.1 Å². The fraction of sp³-hybridized carbons (Fsp3) is 0.417. The fourth-order valence-electron chi connectivity index (χ4n) is 3.58. The Morgan fingerprint density at radius 1 is 1.03 bits per heavy atom. The minimum Gasteiger partial charge on any atom is -0.352 e. The third-order valence-corrected chi connectivity index (χ3v) is 5.51. The number of aromatic nitrogens is 1. The van der Waals surface area contributed by atoms with E-state index < -0.39 is 17.2 Å². The quantitative estimate of drug-likeness (QED) is 0.672. The smallest absolute Gasteiger partial charge is 0.259 e. The average Bonchev–Trinajstić information content (AvgIpc) is 2.79. The highest BCUT2D eigenvalue weighted by atomic mass is 16.2. The summed E-state index contributed by atoms with van der Waals surface area (Å²) in [6, 6.07) is 9.21. The van der Waals surface area contributed by atoms with Crippen LogP contribution in [0.3, 0.4) is 0 Å². The SMILES string of the molecule is CCCCNC(=O)c1cn(C(C)C)cc(C(=O)N2CCN(c3ccccc3)C(=O)C2)c1=O. The minimum atomic E-state index is -0.612. The second-order valence-electron chi connectivity index (χ2n) is 8.17. The van der Waals surface area contributed by atoms with E-state index in [9.17, 15) is 19.2 Å². The van der Waals surface area contributed by atoms with E-state index in [-0.39, 0.29) is 29.6 Å². The first-order chi connectivity index (χ1) is 15.3. The topological polar surface area (TPSA) is 91.7 Å². The van der Waals surface area contributed by atoms with E-state index in [1.165, 1.54) is 17.3 Å². The Morgan fingerprint density at radius 3 is 2.34 bits per heavy atom. The van der Waals surface area contributed by atoms with Crippen molar-refractivity contribution in [2.45, 2.75) is 39.7 Å². The van der Waals surface area contributed by atoms with Crippen LogP contribution in [0, 0.1) is 0 Å². The van der Waals surface area contributed by atoms with Crippen molar-refractivity contribution in [3.8, 4) is 0 Å². The molecule has 2 heterocycles. The van der Waals surface area contributed by atoms with Crippen LogP contribution in [-0.2, 0) is 4.79 Å². The van der Waals surface area contributed by atoms with E-state index in [1.54, 1.807) is 9.47 Å². The molecule has 170 valence electrons. The lowest BCUT2D eigenvalue weighted by Gasteiger charge is -2.34. The molecule has 0 saturated carbocycles. The van der Waals surface area contributed by atoms with Gasteiger partial charge in [0.1, 0.15) is 17.7 Å². The van der Waals surface area contributed by atoms with E-state index in [1.807, 2.05) is 51.1 Å². The molecule has 1 aromatic carbocycles. The number of hydrogen-bond donors (Lipinski definition) is 1. The van der Waals surface area contributed by atoms with Crippen molar-refractivity contribution in [1.82, 2.24) is 14.8 Å². The molecule has 3 rings (SSSR count). The molecule has 1 aromatic heterocycles. The normalized spacial score (nSPS) is 14.1. The molecule has 0 atom stereocenters. The van der Waals surface area contributed by atoms with E-state index in [0.717, 1.165) is 18.5 Å². The Labute approximate surface area is 187 Å². The van der Waals surface area contributed by atoms with Gasteiger partial charge in [0.05, 0.1) is 0 Å². The predicted molar refractivity (Wildman–Crippen MR) is 123 cm³/mol. The van der Waals surface area contributed by atoms with Crippen LogP contribution in [0.25, 0.3) is 0 Å². The summed E-state index contributed by atoms with van der Waals surface area (Å²) in [6.45, 7) is 6.79. The molecule has 0 spiro atoms. The number of nitrogens with one attached hydrogen (secondary N) is 1. The van der Waals surface area contributed by atoms with Gasteiger partial charge in [0, 0.05) is 43.8 Å². The van der Waals surface area contributed by atoms with Gasteiger partial charge in [-0.05, 0) is 32.4 Å². The molecule has 8 heteroatoms. The van der Waals surface area contributed by atoms with Crippen molar-refractivity contribution in [2.24, 2.45) is 0 Å². The zero-order valence-corrected chi connectivity index (χ0v) is 18.8. The summed E-state index contributed by atoms with van der Waals surface area (Å²) in [5, 5.41) is 2.75. The molecule has 1 aliphatic rings. The van der Waals surface area contributed by atoms with Crippen LogP contribution in [0.2, 0.25) is 0 Å². The van der Waals surface area contributed by atoms with Crippen LogP contribution in [0.15, 0.2) is 47.5 Å². The number of nitrogens with zero attached hydrogens (tertiary/aromatic N) is 3. The lowest BCUT2D eigenvalue weighted by atomic mass is 10.1. The maximum atomic E-state index is 13.2. The van der Waals surface area contributed by atoms with Gasteiger partial charge in [-0.15, -0.1) is 0 Å². The zero-order valence-electron chi connectivity index (χ0n) is 18.8. The van der Waals surface area contributed by atoms with E-state index >= 15 is 0 Å². The first kappa shape index (κ1) is 23.2. The molecular formula is C24H30N4O4. The number of para-hydroxylation sites is 1. The molecule has 0 radical (unpaired) electrons. The number of carbonyl (C=O) groups excluding carboxylic acids is 3. The van der Waals surface area contributed by atoms with E-state index in [0.29, 0.717) is 19.6 Å². The maximum absolute atomic E-state index is 13.2. The maximum Gasteiger partial charge on any atom is 0.259 e. The number of benzene rings is 1. The number of rotatable bonds is 7. The van der Waals surface area contributed by atoms with Gasteiger partial charge in [-0.1, -0.05) is 31.5 Å². The summed E-state index contributed by atoms with van der Waals surface area (Å²) >= 11 is 0. The summed E-state index contributed by atoms with van der Waals surface area (Å²) in [5.41, 5.74) is 0.00838. The first-order valence-corrected chi connectivity index (χ1v) is 11.0. The van der Waals surface area contributed by atoms with Crippen molar-refractivity contribution >= 4 is 23.4 Å². The summed E-state index contributed by atoms with van der Waals surface area (Å²) in [5.74, 6) is -1.24. The van der Waals surface area contributed by atoms with Crippen molar-refractivity contribution < 1.29 is 14.4 Å². The van der Waals surface area contributed by atoms with Crippen LogP contribution in [-0.4, -0.2) is 53.4 Å². The van der Waals surface area contributed by atoms with Gasteiger partial charge in [0.15, 0.2) is 0 Å². The first-order valence-electron chi connectivity index (χ1n) is 11.0. The molecular weight excluding hydrogens is 408 g/mol. The number of anilines is 1. The fourth-order valence-corrected chi connectivity index (χ4v) is 3.58. The highest BCUT2D eigenvalue weighted by Gasteiger charge is 2.31.